The number of nitro benzene ring substituents is 1. The number of hydrogen-bond acceptors (Lipinski definition) is 5. The molecule has 0 spiro atoms. The van der Waals surface area contributed by atoms with Gasteiger partial charge < -0.3 is 14.8 Å². The Morgan fingerprint density at radius 1 is 1.00 bits per heavy atom. The summed E-state index contributed by atoms with van der Waals surface area (Å²) in [6.07, 6.45) is 0. The second kappa shape index (κ2) is 9.93. The van der Waals surface area contributed by atoms with Crippen LogP contribution in [0.5, 0.6) is 11.5 Å². The molecule has 3 aromatic carbocycles. The molecule has 1 N–H and O–H groups in total. The first kappa shape index (κ1) is 20.7. The monoisotopic (exact) mass is 456 g/mol. The van der Waals surface area contributed by atoms with E-state index in [1.807, 2.05) is 49.4 Å². The summed E-state index contributed by atoms with van der Waals surface area (Å²) in [6, 6.07) is 20.2. The molecule has 3 aromatic rings. The predicted molar refractivity (Wildman–Crippen MR) is 117 cm³/mol. The Morgan fingerprint density at radius 2 is 1.79 bits per heavy atom. The van der Waals surface area contributed by atoms with E-state index in [1.165, 1.54) is 12.1 Å². The van der Waals surface area contributed by atoms with Crippen LogP contribution in [0, 0.1) is 10.1 Å². The van der Waals surface area contributed by atoms with Crippen LogP contribution in [-0.4, -0.2) is 11.5 Å². The standard InChI is InChI=1S/C22H21BrN2O4/c1-2-28-21-12-17(14-24-18-9-6-10-19(13-18)25(26)27)11-20(23)22(21)29-15-16-7-4-3-5-8-16/h3-13,24H,2,14-15H2,1H3. The summed E-state index contributed by atoms with van der Waals surface area (Å²) in [6.45, 7) is 3.35. The minimum absolute atomic E-state index is 0.0517. The SMILES string of the molecule is CCOc1cc(CNc2cccc([N+](=O)[O-])c2)cc(Br)c1OCc1ccccc1. The molecule has 0 aliphatic carbocycles. The van der Waals surface area contributed by atoms with E-state index in [0.717, 1.165) is 15.6 Å². The minimum Gasteiger partial charge on any atom is -0.490 e. The highest BCUT2D eigenvalue weighted by atomic mass is 79.9. The minimum atomic E-state index is -0.409. The molecule has 0 aliphatic heterocycles. The van der Waals surface area contributed by atoms with E-state index in [-0.39, 0.29) is 5.69 Å². The number of nitrogens with one attached hydrogen (secondary N) is 1. The largest absolute Gasteiger partial charge is 0.490 e. The summed E-state index contributed by atoms with van der Waals surface area (Å²) in [7, 11) is 0. The van der Waals surface area contributed by atoms with Gasteiger partial charge in [-0.05, 0) is 52.2 Å². The molecular formula is C22H21BrN2O4. The summed E-state index contributed by atoms with van der Waals surface area (Å²) in [5.74, 6) is 1.29. The third-order valence-electron chi connectivity index (χ3n) is 4.15. The van der Waals surface area contributed by atoms with E-state index < -0.39 is 4.92 Å². The number of halogens is 1. The fourth-order valence-corrected chi connectivity index (χ4v) is 3.39. The zero-order chi connectivity index (χ0) is 20.6. The quantitative estimate of drug-likeness (QED) is 0.318. The highest BCUT2D eigenvalue weighted by Crippen LogP contribution is 2.37. The third-order valence-corrected chi connectivity index (χ3v) is 4.74. The topological polar surface area (TPSA) is 73.6 Å². The number of hydrogen-bond donors (Lipinski definition) is 1. The van der Waals surface area contributed by atoms with Crippen molar-refractivity contribution in [1.82, 2.24) is 0 Å². The molecule has 0 radical (unpaired) electrons. The number of anilines is 1. The molecule has 0 atom stereocenters. The molecule has 29 heavy (non-hydrogen) atoms. The van der Waals surface area contributed by atoms with E-state index >= 15 is 0 Å². The van der Waals surface area contributed by atoms with Crippen LogP contribution in [0.3, 0.4) is 0 Å². The summed E-state index contributed by atoms with van der Waals surface area (Å²) in [5.41, 5.74) is 2.76. The smallest absolute Gasteiger partial charge is 0.271 e. The van der Waals surface area contributed by atoms with Gasteiger partial charge in [0, 0.05) is 24.4 Å². The van der Waals surface area contributed by atoms with Gasteiger partial charge in [-0.2, -0.15) is 0 Å². The number of ether oxygens (including phenoxy) is 2. The molecule has 0 saturated heterocycles. The zero-order valence-electron chi connectivity index (χ0n) is 15.9. The summed E-state index contributed by atoms with van der Waals surface area (Å²) < 4.78 is 12.6. The number of non-ortho nitro benzene ring substituents is 1. The predicted octanol–water partition coefficient (Wildman–Crippen LogP) is 5.95. The van der Waals surface area contributed by atoms with Crippen LogP contribution in [0.25, 0.3) is 0 Å². The Bertz CT molecular complexity index is 980. The maximum Gasteiger partial charge on any atom is 0.271 e. The van der Waals surface area contributed by atoms with E-state index in [9.17, 15) is 10.1 Å². The van der Waals surface area contributed by atoms with Crippen molar-refractivity contribution in [2.24, 2.45) is 0 Å². The molecule has 0 bridgehead atoms. The lowest BCUT2D eigenvalue weighted by atomic mass is 10.2. The Balaban J connectivity index is 1.74. The van der Waals surface area contributed by atoms with Crippen molar-refractivity contribution < 1.29 is 14.4 Å². The molecule has 0 heterocycles. The lowest BCUT2D eigenvalue weighted by Crippen LogP contribution is -2.04. The summed E-state index contributed by atoms with van der Waals surface area (Å²) in [5, 5.41) is 14.1. The first-order chi connectivity index (χ1) is 14.1. The molecule has 0 saturated carbocycles. The molecule has 3 rings (SSSR count). The Labute approximate surface area is 177 Å². The maximum absolute atomic E-state index is 10.9. The number of benzene rings is 3. The molecule has 0 amide bonds. The van der Waals surface area contributed by atoms with Crippen molar-refractivity contribution in [3.63, 3.8) is 0 Å². The van der Waals surface area contributed by atoms with Gasteiger partial charge in [0.15, 0.2) is 11.5 Å². The Hall–Kier alpha value is -3.06. The lowest BCUT2D eigenvalue weighted by molar-refractivity contribution is -0.384. The highest BCUT2D eigenvalue weighted by Gasteiger charge is 2.13. The summed E-state index contributed by atoms with van der Waals surface area (Å²) in [4.78, 5) is 10.5. The van der Waals surface area contributed by atoms with Crippen molar-refractivity contribution in [2.75, 3.05) is 11.9 Å². The van der Waals surface area contributed by atoms with E-state index in [2.05, 4.69) is 21.2 Å². The van der Waals surface area contributed by atoms with Crippen LogP contribution in [0.1, 0.15) is 18.1 Å². The number of nitrogens with zero attached hydrogens (tertiary/aromatic N) is 1. The second-order valence-electron chi connectivity index (χ2n) is 6.27. The number of nitro groups is 1. The van der Waals surface area contributed by atoms with Gasteiger partial charge in [0.2, 0.25) is 0 Å². The molecule has 150 valence electrons. The maximum atomic E-state index is 10.9. The molecule has 0 aromatic heterocycles. The first-order valence-corrected chi connectivity index (χ1v) is 9.96. The van der Waals surface area contributed by atoms with Crippen molar-refractivity contribution in [3.8, 4) is 11.5 Å². The van der Waals surface area contributed by atoms with Crippen molar-refractivity contribution >= 4 is 27.3 Å². The average Bonchev–Trinajstić information content (AvgIpc) is 2.73. The van der Waals surface area contributed by atoms with Gasteiger partial charge in [-0.3, -0.25) is 10.1 Å². The lowest BCUT2D eigenvalue weighted by Gasteiger charge is -2.16. The fourth-order valence-electron chi connectivity index (χ4n) is 2.79. The van der Waals surface area contributed by atoms with E-state index in [0.29, 0.717) is 36.9 Å². The van der Waals surface area contributed by atoms with Crippen LogP contribution in [-0.2, 0) is 13.2 Å². The van der Waals surface area contributed by atoms with E-state index in [4.69, 9.17) is 9.47 Å². The molecule has 0 aliphatic rings. The molecule has 0 unspecified atom stereocenters. The summed E-state index contributed by atoms with van der Waals surface area (Å²) >= 11 is 3.58. The third kappa shape index (κ3) is 5.71. The van der Waals surface area contributed by atoms with Gasteiger partial charge in [0.05, 0.1) is 16.0 Å². The van der Waals surface area contributed by atoms with Crippen LogP contribution >= 0.6 is 15.9 Å². The van der Waals surface area contributed by atoms with Gasteiger partial charge in [0.25, 0.3) is 5.69 Å². The van der Waals surface area contributed by atoms with Gasteiger partial charge in [-0.15, -0.1) is 0 Å². The van der Waals surface area contributed by atoms with Crippen LogP contribution in [0.2, 0.25) is 0 Å². The Kier molecular flexibility index (Phi) is 7.08. The van der Waals surface area contributed by atoms with Crippen LogP contribution in [0.15, 0.2) is 71.2 Å². The molecular weight excluding hydrogens is 436 g/mol. The fraction of sp³-hybridized carbons (Fsp3) is 0.182. The average molecular weight is 457 g/mol. The second-order valence-corrected chi connectivity index (χ2v) is 7.13. The van der Waals surface area contributed by atoms with Gasteiger partial charge in [0.1, 0.15) is 6.61 Å². The normalized spacial score (nSPS) is 10.4. The van der Waals surface area contributed by atoms with Crippen molar-refractivity contribution in [1.29, 1.82) is 0 Å². The first-order valence-electron chi connectivity index (χ1n) is 9.17. The molecule has 7 heteroatoms. The van der Waals surface area contributed by atoms with Gasteiger partial charge in [-0.1, -0.05) is 36.4 Å². The Morgan fingerprint density at radius 3 is 2.52 bits per heavy atom. The number of rotatable bonds is 9. The van der Waals surface area contributed by atoms with Crippen LogP contribution in [0.4, 0.5) is 11.4 Å². The van der Waals surface area contributed by atoms with Gasteiger partial charge >= 0.3 is 0 Å². The van der Waals surface area contributed by atoms with Crippen LogP contribution < -0.4 is 14.8 Å². The van der Waals surface area contributed by atoms with Crippen molar-refractivity contribution in [2.45, 2.75) is 20.1 Å². The van der Waals surface area contributed by atoms with Gasteiger partial charge in [-0.25, -0.2) is 0 Å². The van der Waals surface area contributed by atoms with E-state index in [1.54, 1.807) is 12.1 Å². The zero-order valence-corrected chi connectivity index (χ0v) is 17.5. The molecule has 0 fully saturated rings. The highest BCUT2D eigenvalue weighted by molar-refractivity contribution is 9.10. The molecule has 6 nitrogen and oxygen atoms in total. The van der Waals surface area contributed by atoms with Crippen molar-refractivity contribution in [3.05, 3.63) is 92.4 Å².